The third-order valence-corrected chi connectivity index (χ3v) is 6.03. The molecule has 0 heterocycles. The predicted octanol–water partition coefficient (Wildman–Crippen LogP) is 6.39. The van der Waals surface area contributed by atoms with Crippen LogP contribution in [-0.4, -0.2) is 5.97 Å². The number of ether oxygens (including phenoxy) is 1. The van der Waals surface area contributed by atoms with Gasteiger partial charge in [0, 0.05) is 0 Å². The number of carbonyl (C=O) groups is 1. The van der Waals surface area contributed by atoms with Gasteiger partial charge < -0.3 is 4.74 Å². The number of hydrogen-bond acceptors (Lipinski definition) is 3. The highest BCUT2D eigenvalue weighted by molar-refractivity contribution is 5.81. The number of carbonyl (C=O) groups excluding carboxylic acids is 1. The maximum Gasteiger partial charge on any atom is 0.331 e. The van der Waals surface area contributed by atoms with E-state index in [0.717, 1.165) is 5.92 Å². The molecule has 1 atom stereocenters. The highest BCUT2D eigenvalue weighted by atomic mass is 16.5. The summed E-state index contributed by atoms with van der Waals surface area (Å²) in [6.45, 7) is 5.72. The maximum absolute atomic E-state index is 12.2. The van der Waals surface area contributed by atoms with Crippen molar-refractivity contribution in [2.45, 2.75) is 84.5 Å². The first-order valence-corrected chi connectivity index (χ1v) is 10.3. The van der Waals surface area contributed by atoms with Gasteiger partial charge in [0.2, 0.25) is 0 Å². The topological polar surface area (TPSA) is 50.1 Å². The lowest BCUT2D eigenvalue weighted by atomic mass is 9.77. The van der Waals surface area contributed by atoms with Crippen LogP contribution in [-0.2, 0) is 4.79 Å². The number of nitrogens with zero attached hydrogens (tertiary/aromatic N) is 1. The van der Waals surface area contributed by atoms with E-state index in [1.54, 1.807) is 6.92 Å². The second-order valence-corrected chi connectivity index (χ2v) is 7.97. The molecular formula is C23H33NO2. The molecular weight excluding hydrogens is 322 g/mol. The summed E-state index contributed by atoms with van der Waals surface area (Å²) in [4.78, 5) is 12.2. The van der Waals surface area contributed by atoms with Crippen molar-refractivity contribution in [2.24, 2.45) is 11.3 Å². The summed E-state index contributed by atoms with van der Waals surface area (Å²) in [6.07, 6.45) is 11.1. The summed E-state index contributed by atoms with van der Waals surface area (Å²) < 4.78 is 5.41. The molecule has 1 unspecified atom stereocenters. The van der Waals surface area contributed by atoms with E-state index in [0.29, 0.717) is 18.1 Å². The smallest absolute Gasteiger partial charge is 0.331 e. The molecule has 0 spiro atoms. The molecule has 142 valence electrons. The molecule has 1 aromatic carbocycles. The first kappa shape index (κ1) is 20.5. The van der Waals surface area contributed by atoms with Crippen molar-refractivity contribution in [1.29, 1.82) is 5.26 Å². The van der Waals surface area contributed by atoms with Gasteiger partial charge in [-0.15, -0.1) is 0 Å². The molecule has 0 amide bonds. The van der Waals surface area contributed by atoms with Gasteiger partial charge in [0.25, 0.3) is 0 Å². The molecule has 1 saturated carbocycles. The zero-order valence-electron chi connectivity index (χ0n) is 16.6. The van der Waals surface area contributed by atoms with Crippen molar-refractivity contribution >= 4 is 5.97 Å². The molecule has 2 rings (SSSR count). The van der Waals surface area contributed by atoms with E-state index in [1.807, 2.05) is 19.1 Å². The van der Waals surface area contributed by atoms with Gasteiger partial charge in [0.1, 0.15) is 5.75 Å². The zero-order chi connectivity index (χ0) is 19.0. The van der Waals surface area contributed by atoms with Crippen molar-refractivity contribution in [1.82, 2.24) is 0 Å². The quantitative estimate of drug-likeness (QED) is 0.308. The van der Waals surface area contributed by atoms with Crippen LogP contribution in [0.1, 0.15) is 90.0 Å². The Morgan fingerprint density at radius 1 is 1.15 bits per heavy atom. The summed E-state index contributed by atoms with van der Waals surface area (Å²) in [5.41, 5.74) is 0.268. The minimum atomic E-state index is -1.07. The monoisotopic (exact) mass is 355 g/mol. The van der Waals surface area contributed by atoms with Crippen molar-refractivity contribution in [3.05, 3.63) is 29.8 Å². The van der Waals surface area contributed by atoms with Gasteiger partial charge in [-0.1, -0.05) is 51.7 Å². The molecule has 1 aliphatic carbocycles. The molecule has 0 aliphatic heterocycles. The van der Waals surface area contributed by atoms with Gasteiger partial charge in [0.05, 0.1) is 6.07 Å². The van der Waals surface area contributed by atoms with E-state index in [2.05, 4.69) is 25.1 Å². The normalized spacial score (nSPS) is 22.2. The van der Waals surface area contributed by atoms with Crippen LogP contribution in [0, 0.1) is 22.7 Å². The highest BCUT2D eigenvalue weighted by Crippen LogP contribution is 2.38. The molecule has 0 N–H and O–H groups in total. The molecule has 26 heavy (non-hydrogen) atoms. The Hall–Kier alpha value is -1.82. The Kier molecular flexibility index (Phi) is 7.69. The van der Waals surface area contributed by atoms with Gasteiger partial charge in [0.15, 0.2) is 5.41 Å². The van der Waals surface area contributed by atoms with Crippen LogP contribution in [0.2, 0.25) is 0 Å². The van der Waals surface area contributed by atoms with Crippen molar-refractivity contribution in [3.8, 4) is 11.8 Å². The first-order chi connectivity index (χ1) is 12.5. The van der Waals surface area contributed by atoms with E-state index in [4.69, 9.17) is 4.74 Å². The lowest BCUT2D eigenvalue weighted by Crippen LogP contribution is -2.29. The summed E-state index contributed by atoms with van der Waals surface area (Å²) in [6, 6.07) is 9.96. The minimum Gasteiger partial charge on any atom is -0.425 e. The Balaban J connectivity index is 1.86. The van der Waals surface area contributed by atoms with Crippen LogP contribution in [0.3, 0.4) is 0 Å². The Morgan fingerprint density at radius 2 is 1.81 bits per heavy atom. The molecule has 3 nitrogen and oxygen atoms in total. The van der Waals surface area contributed by atoms with Crippen molar-refractivity contribution in [3.63, 3.8) is 0 Å². The van der Waals surface area contributed by atoms with Gasteiger partial charge >= 0.3 is 5.97 Å². The summed E-state index contributed by atoms with van der Waals surface area (Å²) >= 11 is 0. The number of hydrogen-bond donors (Lipinski definition) is 0. The standard InChI is InChI=1S/C23H33NO2/c1-4-6-7-8-18-9-11-19(12-10-18)20-13-15-21(16-14-20)26-22(25)23(3,5-2)17-24/h13-16,18-19H,4-12H2,1-3H3. The van der Waals surface area contributed by atoms with Gasteiger partial charge in [-0.2, -0.15) is 5.26 Å². The average molecular weight is 356 g/mol. The van der Waals surface area contributed by atoms with Crippen molar-refractivity contribution in [2.75, 3.05) is 0 Å². The molecule has 1 fully saturated rings. The molecule has 0 radical (unpaired) electrons. The Morgan fingerprint density at radius 3 is 2.35 bits per heavy atom. The Bertz CT molecular complexity index is 608. The first-order valence-electron chi connectivity index (χ1n) is 10.3. The number of esters is 1. The Labute approximate surface area is 158 Å². The molecule has 0 bridgehead atoms. The summed E-state index contributed by atoms with van der Waals surface area (Å²) in [5.74, 6) is 1.60. The summed E-state index contributed by atoms with van der Waals surface area (Å²) in [5, 5.41) is 9.19. The molecule has 0 saturated heterocycles. The van der Waals surface area contributed by atoms with E-state index < -0.39 is 11.4 Å². The van der Waals surface area contributed by atoms with Crippen LogP contribution in [0.25, 0.3) is 0 Å². The van der Waals surface area contributed by atoms with E-state index >= 15 is 0 Å². The van der Waals surface area contributed by atoms with Gasteiger partial charge in [-0.3, -0.25) is 0 Å². The van der Waals surface area contributed by atoms with Crippen LogP contribution in [0.15, 0.2) is 24.3 Å². The SMILES string of the molecule is CCCCCC1CCC(c2ccc(OC(=O)C(C)(C#N)CC)cc2)CC1. The van der Waals surface area contributed by atoms with Gasteiger partial charge in [-0.05, 0) is 68.6 Å². The lowest BCUT2D eigenvalue weighted by Gasteiger charge is -2.29. The predicted molar refractivity (Wildman–Crippen MR) is 105 cm³/mol. The third kappa shape index (κ3) is 5.34. The molecule has 1 aliphatic rings. The molecule has 0 aromatic heterocycles. The van der Waals surface area contributed by atoms with E-state index in [-0.39, 0.29) is 0 Å². The number of unbranched alkanes of at least 4 members (excludes halogenated alkanes) is 2. The highest BCUT2D eigenvalue weighted by Gasteiger charge is 2.33. The zero-order valence-corrected chi connectivity index (χ0v) is 16.6. The fourth-order valence-electron chi connectivity index (χ4n) is 3.76. The van der Waals surface area contributed by atoms with Gasteiger partial charge in [-0.25, -0.2) is 4.79 Å². The van der Waals surface area contributed by atoms with Crippen LogP contribution < -0.4 is 4.74 Å². The fraction of sp³-hybridized carbons (Fsp3) is 0.652. The number of benzene rings is 1. The molecule has 3 heteroatoms. The van der Waals surface area contributed by atoms with E-state index in [1.165, 1.54) is 56.9 Å². The fourth-order valence-corrected chi connectivity index (χ4v) is 3.76. The molecule has 1 aromatic rings. The average Bonchev–Trinajstić information content (AvgIpc) is 2.68. The van der Waals surface area contributed by atoms with Crippen LogP contribution in [0.4, 0.5) is 0 Å². The van der Waals surface area contributed by atoms with Crippen LogP contribution in [0.5, 0.6) is 5.75 Å². The second-order valence-electron chi connectivity index (χ2n) is 7.97. The summed E-state index contributed by atoms with van der Waals surface area (Å²) in [7, 11) is 0. The lowest BCUT2D eigenvalue weighted by molar-refractivity contribution is -0.141. The van der Waals surface area contributed by atoms with Crippen LogP contribution >= 0.6 is 0 Å². The number of rotatable bonds is 8. The number of nitriles is 1. The van der Waals surface area contributed by atoms with E-state index in [9.17, 15) is 10.1 Å². The minimum absolute atomic E-state index is 0.446. The second kappa shape index (κ2) is 9.76. The maximum atomic E-state index is 12.2. The third-order valence-electron chi connectivity index (χ3n) is 6.03. The van der Waals surface area contributed by atoms with Crippen molar-refractivity contribution < 1.29 is 9.53 Å². The largest absolute Gasteiger partial charge is 0.425 e.